The lowest BCUT2D eigenvalue weighted by molar-refractivity contribution is -0.161. The molecule has 0 spiro atoms. The highest BCUT2D eigenvalue weighted by molar-refractivity contribution is 7.47. The molecule has 0 saturated heterocycles. The Morgan fingerprint density at radius 1 is 0.290 bits per heavy atom. The Labute approximate surface area is 606 Å². The Bertz CT molecular complexity index is 2370. The van der Waals surface area contributed by atoms with Crippen LogP contribution in [0.5, 0.6) is 0 Å². The number of hydrogen-bond donors (Lipinski definition) is 3. The highest BCUT2D eigenvalue weighted by atomic mass is 31.2. The van der Waals surface area contributed by atoms with Crippen molar-refractivity contribution in [1.29, 1.82) is 0 Å². The van der Waals surface area contributed by atoms with Crippen molar-refractivity contribution in [3.8, 4) is 0 Å². The minimum absolute atomic E-state index is 0.0731. The first-order valence-corrected chi connectivity index (χ1v) is 41.8. The number of rotatable bonds is 72. The maximum absolute atomic E-state index is 13.1. The van der Waals surface area contributed by atoms with Gasteiger partial charge in [0, 0.05) is 25.7 Å². The predicted octanol–water partition coefficient (Wildman–Crippen LogP) is 22.3. The fraction of sp³-hybridized carbons (Fsp3) is 0.704. The molecular formula is C81H138O17P2. The number of esters is 4. The Morgan fingerprint density at radius 2 is 0.520 bits per heavy atom. The standard InChI is InChI=1S/C81H138O17P2/c1-5-9-13-17-21-25-29-32-35-36-37-38-41-43-47-50-54-58-62-66-79(84)91-71-76(97-80(85)67-63-59-55-51-45-28-24-20-16-12-8-4)73-95-99(87,88)93-69-75(82)70-94-100(89,90)96-74-77(98-81(86)68-64-60-56-52-48-44-40-34-31-27-23-19-15-11-7-3)72-92-78(83)65-61-57-53-49-46-42-39-33-30-26-22-18-14-10-6-2/h9-10,13-14,21-23,25-27,32-35,37-40,43,47,75-77,82H,5-8,11-12,15-20,24,28-31,36,41-42,44-46,48-74H2,1-4H3,(H,87,88)(H,89,90)/b13-9-,14-10-,25-21-,26-22-,27-23-,35-32-,38-37-,39-33-,40-34-,47-43-. The van der Waals surface area contributed by atoms with Gasteiger partial charge >= 0.3 is 39.5 Å². The number of allylic oxidation sites excluding steroid dienone is 20. The van der Waals surface area contributed by atoms with Gasteiger partial charge in [-0.05, 0) is 135 Å². The van der Waals surface area contributed by atoms with E-state index in [4.69, 9.17) is 37.0 Å². The molecule has 17 nitrogen and oxygen atoms in total. The molecule has 0 aliphatic heterocycles. The molecule has 19 heteroatoms. The largest absolute Gasteiger partial charge is 0.472 e. The Morgan fingerprint density at radius 3 is 0.830 bits per heavy atom. The Kier molecular flexibility index (Phi) is 69.5. The second-order valence-corrected chi connectivity index (χ2v) is 28.4. The molecule has 0 amide bonds. The minimum Gasteiger partial charge on any atom is -0.462 e. The third-order valence-corrected chi connectivity index (χ3v) is 17.8. The van der Waals surface area contributed by atoms with Crippen molar-refractivity contribution in [2.24, 2.45) is 0 Å². The van der Waals surface area contributed by atoms with Crippen molar-refractivity contribution in [3.05, 3.63) is 122 Å². The first-order valence-electron chi connectivity index (χ1n) is 38.8. The van der Waals surface area contributed by atoms with Gasteiger partial charge in [-0.2, -0.15) is 0 Å². The SMILES string of the molecule is CC/C=C\C/C=C\C/C=C\C/C=C\C/C=C\CCCCCC(=O)OCC(COP(=O)(O)OCC(O)COP(=O)(O)OCC(COC(=O)CCCCCCC/C=C\C/C=C\C/C=C\CC)OC(=O)CCCCCCC/C=C\C/C=C\CCCCC)OC(=O)CCCCCCCCCCCCC. The van der Waals surface area contributed by atoms with E-state index in [1.165, 1.54) is 57.8 Å². The van der Waals surface area contributed by atoms with E-state index in [0.717, 1.165) is 173 Å². The van der Waals surface area contributed by atoms with Crippen LogP contribution < -0.4 is 0 Å². The van der Waals surface area contributed by atoms with E-state index in [0.29, 0.717) is 25.7 Å². The van der Waals surface area contributed by atoms with Crippen molar-refractivity contribution in [2.45, 2.75) is 329 Å². The third kappa shape index (κ3) is 71.8. The van der Waals surface area contributed by atoms with Gasteiger partial charge in [0.2, 0.25) is 0 Å². The Hall–Kier alpha value is -4.54. The van der Waals surface area contributed by atoms with E-state index in [1.54, 1.807) is 0 Å². The summed E-state index contributed by atoms with van der Waals surface area (Å²) in [6.07, 6.45) is 79.0. The van der Waals surface area contributed by atoms with E-state index < -0.39 is 97.5 Å². The number of phosphoric ester groups is 2. The van der Waals surface area contributed by atoms with Gasteiger partial charge in [0.05, 0.1) is 26.4 Å². The summed E-state index contributed by atoms with van der Waals surface area (Å²) in [4.78, 5) is 72.9. The molecule has 0 aromatic heterocycles. The zero-order chi connectivity index (χ0) is 73.2. The first kappa shape index (κ1) is 95.5. The smallest absolute Gasteiger partial charge is 0.462 e. The maximum Gasteiger partial charge on any atom is 0.472 e. The van der Waals surface area contributed by atoms with Crippen LogP contribution in [0.25, 0.3) is 0 Å². The number of aliphatic hydroxyl groups is 1. The lowest BCUT2D eigenvalue weighted by Gasteiger charge is -2.21. The lowest BCUT2D eigenvalue weighted by atomic mass is 10.1. The lowest BCUT2D eigenvalue weighted by Crippen LogP contribution is -2.30. The molecule has 0 aliphatic carbocycles. The number of unbranched alkanes of at least 4 members (excludes halogenated alkanes) is 26. The molecule has 0 saturated carbocycles. The van der Waals surface area contributed by atoms with E-state index in [2.05, 4.69) is 149 Å². The van der Waals surface area contributed by atoms with Crippen LogP contribution in [-0.2, 0) is 65.4 Å². The summed E-state index contributed by atoms with van der Waals surface area (Å²) in [5.41, 5.74) is 0. The van der Waals surface area contributed by atoms with Crippen LogP contribution in [0.4, 0.5) is 0 Å². The highest BCUT2D eigenvalue weighted by Crippen LogP contribution is 2.45. The maximum atomic E-state index is 13.1. The van der Waals surface area contributed by atoms with Crippen LogP contribution in [0.15, 0.2) is 122 Å². The molecule has 5 unspecified atom stereocenters. The third-order valence-electron chi connectivity index (χ3n) is 15.9. The first-order chi connectivity index (χ1) is 48.7. The molecule has 0 bridgehead atoms. The Balaban J connectivity index is 5.37. The van der Waals surface area contributed by atoms with Crippen molar-refractivity contribution in [1.82, 2.24) is 0 Å². The molecule has 100 heavy (non-hydrogen) atoms. The summed E-state index contributed by atoms with van der Waals surface area (Å²) in [7, 11) is -9.97. The average Bonchev–Trinajstić information content (AvgIpc) is 0.953. The molecule has 0 fully saturated rings. The molecule has 0 radical (unpaired) electrons. The van der Waals surface area contributed by atoms with Crippen LogP contribution >= 0.6 is 15.6 Å². The second kappa shape index (κ2) is 72.8. The number of aliphatic hydroxyl groups excluding tert-OH is 1. The van der Waals surface area contributed by atoms with E-state index >= 15 is 0 Å². The summed E-state index contributed by atoms with van der Waals surface area (Å²) in [5.74, 6) is -2.24. The molecule has 574 valence electrons. The molecule has 0 heterocycles. The van der Waals surface area contributed by atoms with Crippen molar-refractivity contribution in [2.75, 3.05) is 39.6 Å². The topological polar surface area (TPSA) is 237 Å². The van der Waals surface area contributed by atoms with Crippen LogP contribution in [-0.4, -0.2) is 96.7 Å². The zero-order valence-corrected chi connectivity index (χ0v) is 64.4. The van der Waals surface area contributed by atoms with Crippen LogP contribution in [0.1, 0.15) is 310 Å². The summed E-state index contributed by atoms with van der Waals surface area (Å²) < 4.78 is 68.4. The fourth-order valence-corrected chi connectivity index (χ4v) is 11.6. The monoisotopic (exact) mass is 1440 g/mol. The van der Waals surface area contributed by atoms with Crippen LogP contribution in [0.2, 0.25) is 0 Å². The van der Waals surface area contributed by atoms with Crippen LogP contribution in [0.3, 0.4) is 0 Å². The van der Waals surface area contributed by atoms with Gasteiger partial charge in [-0.15, -0.1) is 0 Å². The highest BCUT2D eigenvalue weighted by Gasteiger charge is 2.30. The second-order valence-electron chi connectivity index (χ2n) is 25.5. The predicted molar refractivity (Wildman–Crippen MR) is 408 cm³/mol. The molecule has 5 atom stereocenters. The van der Waals surface area contributed by atoms with Crippen molar-refractivity contribution >= 4 is 39.5 Å². The summed E-state index contributed by atoms with van der Waals surface area (Å²) in [6, 6.07) is 0. The van der Waals surface area contributed by atoms with E-state index in [1.807, 2.05) is 0 Å². The number of carbonyl (C=O) groups is 4. The van der Waals surface area contributed by atoms with Gasteiger partial charge in [-0.1, -0.05) is 271 Å². The number of hydrogen-bond acceptors (Lipinski definition) is 15. The number of ether oxygens (including phenoxy) is 4. The summed E-state index contributed by atoms with van der Waals surface area (Å²) in [5, 5.41) is 10.6. The van der Waals surface area contributed by atoms with Gasteiger partial charge in [0.15, 0.2) is 12.2 Å². The molecule has 0 aliphatic rings. The van der Waals surface area contributed by atoms with Crippen LogP contribution in [0, 0.1) is 0 Å². The quantitative estimate of drug-likeness (QED) is 0.0169. The van der Waals surface area contributed by atoms with Gasteiger partial charge < -0.3 is 33.8 Å². The summed E-state index contributed by atoms with van der Waals surface area (Å²) in [6.45, 7) is 4.55. The minimum atomic E-state index is -4.98. The summed E-state index contributed by atoms with van der Waals surface area (Å²) >= 11 is 0. The van der Waals surface area contributed by atoms with E-state index in [9.17, 15) is 43.2 Å². The van der Waals surface area contributed by atoms with Crippen molar-refractivity contribution in [3.63, 3.8) is 0 Å². The van der Waals surface area contributed by atoms with Gasteiger partial charge in [0.25, 0.3) is 0 Å². The van der Waals surface area contributed by atoms with E-state index in [-0.39, 0.29) is 25.7 Å². The van der Waals surface area contributed by atoms with Gasteiger partial charge in [-0.3, -0.25) is 37.3 Å². The average molecular weight is 1450 g/mol. The van der Waals surface area contributed by atoms with Gasteiger partial charge in [-0.25, -0.2) is 9.13 Å². The molecule has 3 N–H and O–H groups in total. The normalized spacial score (nSPS) is 14.6. The zero-order valence-electron chi connectivity index (χ0n) is 62.6. The van der Waals surface area contributed by atoms with Crippen molar-refractivity contribution < 1.29 is 80.2 Å². The molecular weight excluding hydrogens is 1310 g/mol. The van der Waals surface area contributed by atoms with Gasteiger partial charge in [0.1, 0.15) is 19.3 Å². The molecule has 0 rings (SSSR count). The number of carbonyl (C=O) groups excluding carboxylic acids is 4. The molecule has 0 aromatic rings. The number of phosphoric acid groups is 2. The fourth-order valence-electron chi connectivity index (χ4n) is 10.1. The molecule has 0 aromatic carbocycles.